The van der Waals surface area contributed by atoms with Gasteiger partial charge in [0.1, 0.15) is 5.75 Å². The number of anilines is 3. The molecule has 0 saturated carbocycles. The van der Waals surface area contributed by atoms with Crippen molar-refractivity contribution in [2.45, 2.75) is 0 Å². The van der Waals surface area contributed by atoms with E-state index in [0.717, 1.165) is 28.6 Å². The molecule has 0 unspecified atom stereocenters. The number of fused-ring (bicyclic) bond motifs is 1. The van der Waals surface area contributed by atoms with Crippen LogP contribution in [0, 0.1) is 7.14 Å². The molecule has 2 heterocycles. The van der Waals surface area contributed by atoms with Gasteiger partial charge in [-0.2, -0.15) is 10.1 Å². The van der Waals surface area contributed by atoms with Crippen LogP contribution in [-0.4, -0.2) is 33.6 Å². The highest BCUT2D eigenvalue weighted by molar-refractivity contribution is 14.1. The normalized spacial score (nSPS) is 11.2. The lowest BCUT2D eigenvalue weighted by Crippen LogP contribution is -2.03. The lowest BCUT2D eigenvalue weighted by atomic mass is 10.2. The van der Waals surface area contributed by atoms with Gasteiger partial charge in [-0.05, 0) is 91.9 Å². The standard InChI is InChI=1S/C18H12BrI2N7O2/c1-29-14-9(6-11(20)7-13(14)21)8-22-26-16-15(23-12-4-2-10(19)3-5-12)24-17-18(25-16)28-30-27-17/h2-8H,1H3,(H,23,24,27)(H,25,26,28)/b22-8+. The average molecular weight is 692 g/mol. The Balaban J connectivity index is 1.65. The first-order valence-electron chi connectivity index (χ1n) is 8.38. The fraction of sp³-hybridized carbons (Fsp3) is 0.0556. The maximum Gasteiger partial charge on any atom is 0.245 e. The second-order valence-corrected chi connectivity index (χ2v) is 9.17. The van der Waals surface area contributed by atoms with Crippen LogP contribution in [0.5, 0.6) is 5.75 Å². The van der Waals surface area contributed by atoms with E-state index >= 15 is 0 Å². The summed E-state index contributed by atoms with van der Waals surface area (Å²) in [5, 5.41) is 15.0. The van der Waals surface area contributed by atoms with Gasteiger partial charge in [-0.3, -0.25) is 5.43 Å². The molecule has 0 fully saturated rings. The molecule has 0 aliphatic carbocycles. The van der Waals surface area contributed by atoms with Crippen LogP contribution in [0.25, 0.3) is 11.3 Å². The molecule has 2 aromatic heterocycles. The van der Waals surface area contributed by atoms with Crippen molar-refractivity contribution in [3.63, 3.8) is 0 Å². The van der Waals surface area contributed by atoms with Crippen molar-refractivity contribution in [2.24, 2.45) is 5.10 Å². The second-order valence-electron chi connectivity index (χ2n) is 5.84. The Morgan fingerprint density at radius 1 is 1.07 bits per heavy atom. The lowest BCUT2D eigenvalue weighted by molar-refractivity contribution is 0.314. The Labute approximate surface area is 206 Å². The van der Waals surface area contributed by atoms with Gasteiger partial charge in [0.15, 0.2) is 11.6 Å². The van der Waals surface area contributed by atoms with E-state index in [1.807, 2.05) is 36.4 Å². The van der Waals surface area contributed by atoms with Crippen LogP contribution < -0.4 is 15.5 Å². The number of hydrogen-bond acceptors (Lipinski definition) is 9. The zero-order valence-corrected chi connectivity index (χ0v) is 21.1. The molecule has 0 spiro atoms. The van der Waals surface area contributed by atoms with E-state index < -0.39 is 0 Å². The Hall–Kier alpha value is -2.07. The summed E-state index contributed by atoms with van der Waals surface area (Å²) in [7, 11) is 1.63. The molecule has 9 nitrogen and oxygen atoms in total. The first kappa shape index (κ1) is 21.2. The molecule has 152 valence electrons. The van der Waals surface area contributed by atoms with E-state index in [4.69, 9.17) is 9.37 Å². The molecule has 0 aliphatic heterocycles. The quantitative estimate of drug-likeness (QED) is 0.162. The number of methoxy groups -OCH3 is 1. The van der Waals surface area contributed by atoms with E-state index in [0.29, 0.717) is 11.6 Å². The molecule has 2 aromatic carbocycles. The van der Waals surface area contributed by atoms with E-state index in [-0.39, 0.29) is 11.3 Å². The molecule has 30 heavy (non-hydrogen) atoms. The summed E-state index contributed by atoms with van der Waals surface area (Å²) >= 11 is 7.90. The van der Waals surface area contributed by atoms with Gasteiger partial charge in [-0.1, -0.05) is 15.9 Å². The van der Waals surface area contributed by atoms with Crippen molar-refractivity contribution < 1.29 is 9.37 Å². The van der Waals surface area contributed by atoms with Crippen LogP contribution in [0.3, 0.4) is 0 Å². The molecule has 4 aromatic rings. The summed E-state index contributed by atoms with van der Waals surface area (Å²) in [4.78, 5) is 8.82. The van der Waals surface area contributed by atoms with Crippen LogP contribution in [0.2, 0.25) is 0 Å². The molecular formula is C18H12BrI2N7O2. The van der Waals surface area contributed by atoms with Gasteiger partial charge in [0, 0.05) is 19.3 Å². The molecule has 0 bridgehead atoms. The van der Waals surface area contributed by atoms with E-state index in [1.165, 1.54) is 0 Å². The zero-order chi connectivity index (χ0) is 21.1. The lowest BCUT2D eigenvalue weighted by Gasteiger charge is -2.10. The Morgan fingerprint density at radius 3 is 2.47 bits per heavy atom. The number of nitrogens with one attached hydrogen (secondary N) is 2. The Kier molecular flexibility index (Phi) is 6.62. The monoisotopic (exact) mass is 691 g/mol. The van der Waals surface area contributed by atoms with Crippen molar-refractivity contribution >= 4 is 95.9 Å². The number of aromatic nitrogens is 4. The SMILES string of the molecule is COc1c(I)cc(I)cc1/C=N/Nc1nc2nonc2nc1Nc1ccc(Br)cc1. The molecule has 0 saturated heterocycles. The minimum absolute atomic E-state index is 0.274. The van der Waals surface area contributed by atoms with E-state index in [9.17, 15) is 0 Å². The summed E-state index contributed by atoms with van der Waals surface area (Å²) in [6.45, 7) is 0. The highest BCUT2D eigenvalue weighted by Crippen LogP contribution is 2.28. The number of halogens is 3. The fourth-order valence-corrected chi connectivity index (χ4v) is 4.90. The van der Waals surface area contributed by atoms with Crippen molar-refractivity contribution in [3.8, 4) is 5.75 Å². The smallest absolute Gasteiger partial charge is 0.245 e. The summed E-state index contributed by atoms with van der Waals surface area (Å²) in [5.74, 6) is 1.55. The highest BCUT2D eigenvalue weighted by atomic mass is 127. The predicted octanol–water partition coefficient (Wildman–Crippen LogP) is 5.18. The van der Waals surface area contributed by atoms with Crippen molar-refractivity contribution in [3.05, 3.63) is 53.6 Å². The van der Waals surface area contributed by atoms with Gasteiger partial charge in [0.25, 0.3) is 0 Å². The Bertz CT molecular complexity index is 1230. The maximum absolute atomic E-state index is 5.49. The van der Waals surface area contributed by atoms with Crippen molar-refractivity contribution in [1.29, 1.82) is 0 Å². The van der Waals surface area contributed by atoms with Gasteiger partial charge < -0.3 is 10.1 Å². The topological polar surface area (TPSA) is 110 Å². The average Bonchev–Trinajstić information content (AvgIpc) is 3.17. The molecule has 4 rings (SSSR count). The number of hydrazone groups is 1. The summed E-state index contributed by atoms with van der Waals surface area (Å²) in [5.41, 5.74) is 5.14. The third kappa shape index (κ3) is 4.80. The van der Waals surface area contributed by atoms with Crippen LogP contribution >= 0.6 is 61.1 Å². The first-order chi connectivity index (χ1) is 14.5. The van der Waals surface area contributed by atoms with Gasteiger partial charge in [0.05, 0.1) is 16.9 Å². The minimum Gasteiger partial charge on any atom is -0.495 e. The maximum atomic E-state index is 5.49. The van der Waals surface area contributed by atoms with E-state index in [1.54, 1.807) is 13.3 Å². The van der Waals surface area contributed by atoms with Gasteiger partial charge in [-0.15, -0.1) is 0 Å². The number of nitrogens with zero attached hydrogens (tertiary/aromatic N) is 5. The molecule has 12 heteroatoms. The minimum atomic E-state index is 0.274. The molecular weight excluding hydrogens is 680 g/mol. The van der Waals surface area contributed by atoms with Gasteiger partial charge >= 0.3 is 0 Å². The molecule has 0 radical (unpaired) electrons. The first-order valence-corrected chi connectivity index (χ1v) is 11.3. The van der Waals surface area contributed by atoms with Crippen molar-refractivity contribution in [1.82, 2.24) is 20.3 Å². The predicted molar refractivity (Wildman–Crippen MR) is 134 cm³/mol. The largest absolute Gasteiger partial charge is 0.495 e. The summed E-state index contributed by atoms with van der Waals surface area (Å²) in [6, 6.07) is 11.7. The van der Waals surface area contributed by atoms with Crippen LogP contribution in [0.4, 0.5) is 17.3 Å². The van der Waals surface area contributed by atoms with Crippen LogP contribution in [0.1, 0.15) is 5.56 Å². The van der Waals surface area contributed by atoms with Crippen molar-refractivity contribution in [2.75, 3.05) is 17.9 Å². The number of benzene rings is 2. The number of ether oxygens (including phenoxy) is 1. The Morgan fingerprint density at radius 2 is 1.77 bits per heavy atom. The third-order valence-electron chi connectivity index (χ3n) is 3.84. The highest BCUT2D eigenvalue weighted by Gasteiger charge is 2.13. The summed E-state index contributed by atoms with van der Waals surface area (Å²) in [6.07, 6.45) is 1.67. The fourth-order valence-electron chi connectivity index (χ4n) is 2.53. The number of rotatable bonds is 6. The zero-order valence-electron chi connectivity index (χ0n) is 15.2. The van der Waals surface area contributed by atoms with Gasteiger partial charge in [0.2, 0.25) is 11.3 Å². The molecule has 0 aliphatic rings. The van der Waals surface area contributed by atoms with Crippen LogP contribution in [0.15, 0.2) is 50.6 Å². The third-order valence-corrected chi connectivity index (χ3v) is 5.79. The van der Waals surface area contributed by atoms with Gasteiger partial charge in [-0.25, -0.2) is 9.61 Å². The molecule has 2 N–H and O–H groups in total. The summed E-state index contributed by atoms with van der Waals surface area (Å²) < 4.78 is 13.3. The second kappa shape index (κ2) is 9.38. The van der Waals surface area contributed by atoms with E-state index in [2.05, 4.69) is 97.2 Å². The van der Waals surface area contributed by atoms with Crippen LogP contribution in [-0.2, 0) is 0 Å². The molecule has 0 amide bonds. The number of hydrogen-bond donors (Lipinski definition) is 2. The molecule has 0 atom stereocenters.